The maximum Gasteiger partial charge on any atom is 0.251 e. The number of allylic oxidation sites excluding steroid dienone is 1. The van der Waals surface area contributed by atoms with Crippen LogP contribution in [-0.2, 0) is 4.79 Å². The Balaban J connectivity index is 1.66. The molecule has 2 aromatic rings. The summed E-state index contributed by atoms with van der Waals surface area (Å²) in [7, 11) is 0. The van der Waals surface area contributed by atoms with Crippen LogP contribution in [0.4, 0.5) is 0 Å². The van der Waals surface area contributed by atoms with Crippen LogP contribution in [0.15, 0.2) is 52.2 Å². The fraction of sp³-hybridized carbons (Fsp3) is 0.417. The molecule has 1 saturated heterocycles. The van der Waals surface area contributed by atoms with E-state index in [9.17, 15) is 9.59 Å². The van der Waals surface area contributed by atoms with E-state index in [4.69, 9.17) is 0 Å². The van der Waals surface area contributed by atoms with Crippen LogP contribution in [0.3, 0.4) is 0 Å². The number of nitrogens with zero attached hydrogens (tertiary/aromatic N) is 1. The second-order valence-corrected chi connectivity index (χ2v) is 8.96. The minimum Gasteiger partial charge on any atom is -0.343 e. The van der Waals surface area contributed by atoms with Crippen LogP contribution in [0, 0.1) is 5.92 Å². The molecule has 0 atom stereocenters. The normalized spacial score (nSPS) is 18.1. The average molecular weight is 409 g/mol. The summed E-state index contributed by atoms with van der Waals surface area (Å²) in [6.45, 7) is 3.24. The molecule has 5 heteroatoms. The van der Waals surface area contributed by atoms with Gasteiger partial charge in [0.25, 0.3) is 5.56 Å². The van der Waals surface area contributed by atoms with Crippen molar-refractivity contribution in [3.63, 3.8) is 0 Å². The Morgan fingerprint density at radius 1 is 1.07 bits per heavy atom. The predicted molar refractivity (Wildman–Crippen MR) is 119 cm³/mol. The maximum absolute atomic E-state index is 12.6. The first-order valence-corrected chi connectivity index (χ1v) is 11.6. The third-order valence-electron chi connectivity index (χ3n) is 6.04. The van der Waals surface area contributed by atoms with E-state index in [1.807, 2.05) is 11.0 Å². The third-order valence-corrected chi connectivity index (χ3v) is 6.78. The average Bonchev–Trinajstić information content (AvgIpc) is 3.57. The molecule has 0 bridgehead atoms. The number of likely N-dealkylation sites (tertiary alicyclic amines) is 1. The van der Waals surface area contributed by atoms with Gasteiger partial charge < -0.3 is 9.88 Å². The molecule has 2 aliphatic rings. The van der Waals surface area contributed by atoms with Crippen molar-refractivity contribution < 1.29 is 4.79 Å². The highest BCUT2D eigenvalue weighted by molar-refractivity contribution is 7.98. The van der Waals surface area contributed by atoms with E-state index >= 15 is 0 Å². The second-order valence-electron chi connectivity index (χ2n) is 8.08. The maximum atomic E-state index is 12.6. The minimum atomic E-state index is 0.0445. The van der Waals surface area contributed by atoms with Crippen LogP contribution in [0.2, 0.25) is 0 Å². The molecule has 2 fully saturated rings. The van der Waals surface area contributed by atoms with Gasteiger partial charge in [-0.15, -0.1) is 11.8 Å². The molecule has 1 N–H and O–H groups in total. The van der Waals surface area contributed by atoms with Crippen molar-refractivity contribution in [2.45, 2.75) is 43.4 Å². The number of benzene rings is 1. The van der Waals surface area contributed by atoms with Crippen LogP contribution >= 0.6 is 11.8 Å². The number of aromatic nitrogens is 1. The summed E-state index contributed by atoms with van der Waals surface area (Å²) in [5.41, 5.74) is 4.04. The number of nitrogens with one attached hydrogen (secondary N) is 1. The Bertz CT molecular complexity index is 965. The lowest BCUT2D eigenvalue weighted by Crippen LogP contribution is -2.36. The Morgan fingerprint density at radius 2 is 1.76 bits per heavy atom. The van der Waals surface area contributed by atoms with Crippen molar-refractivity contribution in [2.75, 3.05) is 19.3 Å². The summed E-state index contributed by atoms with van der Waals surface area (Å²) >= 11 is 1.72. The summed E-state index contributed by atoms with van der Waals surface area (Å²) in [5, 5.41) is 0. The Morgan fingerprint density at radius 3 is 2.31 bits per heavy atom. The van der Waals surface area contributed by atoms with Gasteiger partial charge in [-0.05, 0) is 67.5 Å². The van der Waals surface area contributed by atoms with Crippen LogP contribution in [0.1, 0.15) is 55.3 Å². The van der Waals surface area contributed by atoms with Crippen molar-refractivity contribution in [2.24, 2.45) is 5.92 Å². The number of thioether (sulfide) groups is 1. The largest absolute Gasteiger partial charge is 0.343 e. The number of amides is 1. The molecule has 152 valence electrons. The number of hydrogen-bond acceptors (Lipinski definition) is 3. The Labute approximate surface area is 176 Å². The highest BCUT2D eigenvalue weighted by Gasteiger charge is 2.26. The molecular weight excluding hydrogens is 380 g/mol. The van der Waals surface area contributed by atoms with Crippen molar-refractivity contribution in [1.82, 2.24) is 9.88 Å². The molecule has 1 aliphatic heterocycles. The minimum absolute atomic E-state index is 0.0445. The number of H-pyrrole nitrogens is 1. The summed E-state index contributed by atoms with van der Waals surface area (Å²) in [4.78, 5) is 30.6. The Hall–Kier alpha value is -2.27. The van der Waals surface area contributed by atoms with Crippen LogP contribution in [0.25, 0.3) is 5.57 Å². The first-order valence-electron chi connectivity index (χ1n) is 10.4. The van der Waals surface area contributed by atoms with E-state index in [1.54, 1.807) is 18.7 Å². The van der Waals surface area contributed by atoms with Gasteiger partial charge in [-0.25, -0.2) is 0 Å². The van der Waals surface area contributed by atoms with Crippen molar-refractivity contribution in [3.05, 3.63) is 69.6 Å². The SMILES string of the molecule is CSc1ccc(C(=CC2CCN(C(C)=O)CC2)c2ccc(C3CC3)c(=O)[nH]2)cc1. The zero-order chi connectivity index (χ0) is 20.4. The van der Waals surface area contributed by atoms with Crippen molar-refractivity contribution in [3.8, 4) is 0 Å². The lowest BCUT2D eigenvalue weighted by molar-refractivity contribution is -0.129. The van der Waals surface area contributed by atoms with E-state index in [2.05, 4.69) is 47.6 Å². The first kappa shape index (κ1) is 20.0. The highest BCUT2D eigenvalue weighted by atomic mass is 32.2. The lowest BCUT2D eigenvalue weighted by Gasteiger charge is -2.30. The molecule has 0 radical (unpaired) electrons. The Kier molecular flexibility index (Phi) is 5.95. The van der Waals surface area contributed by atoms with Gasteiger partial charge in [0, 0.05) is 41.7 Å². The molecule has 1 saturated carbocycles. The van der Waals surface area contributed by atoms with Gasteiger partial charge in [0.15, 0.2) is 0 Å². The molecule has 1 amide bonds. The van der Waals surface area contributed by atoms with E-state index in [0.29, 0.717) is 11.8 Å². The van der Waals surface area contributed by atoms with Gasteiger partial charge in [-0.1, -0.05) is 24.3 Å². The molecular formula is C24H28N2O2S. The molecule has 1 aromatic heterocycles. The number of piperidine rings is 1. The topological polar surface area (TPSA) is 53.2 Å². The molecule has 29 heavy (non-hydrogen) atoms. The summed E-state index contributed by atoms with van der Waals surface area (Å²) in [5.74, 6) is 0.990. The fourth-order valence-corrected chi connectivity index (χ4v) is 4.49. The van der Waals surface area contributed by atoms with E-state index in [0.717, 1.165) is 61.2 Å². The van der Waals surface area contributed by atoms with Gasteiger partial charge in [0.1, 0.15) is 0 Å². The number of rotatable bonds is 5. The summed E-state index contributed by atoms with van der Waals surface area (Å²) in [6, 6.07) is 12.6. The van der Waals surface area contributed by atoms with E-state index < -0.39 is 0 Å². The fourth-order valence-electron chi connectivity index (χ4n) is 4.09. The molecule has 1 aliphatic carbocycles. The van der Waals surface area contributed by atoms with Gasteiger partial charge in [0.2, 0.25) is 5.91 Å². The van der Waals surface area contributed by atoms with Crippen molar-refractivity contribution >= 4 is 23.2 Å². The van der Waals surface area contributed by atoms with Crippen LogP contribution in [-0.4, -0.2) is 35.1 Å². The first-order chi connectivity index (χ1) is 14.0. The number of hydrogen-bond donors (Lipinski definition) is 1. The smallest absolute Gasteiger partial charge is 0.251 e. The predicted octanol–water partition coefficient (Wildman–Crippen LogP) is 4.66. The molecule has 0 spiro atoms. The number of aromatic amines is 1. The van der Waals surface area contributed by atoms with E-state index in [1.165, 1.54) is 4.90 Å². The number of pyridine rings is 1. The summed E-state index contributed by atoms with van der Waals surface area (Å²) < 4.78 is 0. The van der Waals surface area contributed by atoms with E-state index in [-0.39, 0.29) is 11.5 Å². The molecule has 4 rings (SSSR count). The zero-order valence-corrected chi connectivity index (χ0v) is 17.9. The quantitative estimate of drug-likeness (QED) is 0.732. The van der Waals surface area contributed by atoms with Gasteiger partial charge in [-0.2, -0.15) is 0 Å². The van der Waals surface area contributed by atoms with Crippen LogP contribution in [0.5, 0.6) is 0 Å². The standard InChI is InChI=1S/C24H28N2O2S/c1-16(27)26-13-11-17(12-14-26)15-22(19-5-7-20(29-2)8-6-19)23-10-9-21(18-3-4-18)24(28)25-23/h5-10,15,17-18H,3-4,11-14H2,1-2H3,(H,25,28). The van der Waals surface area contributed by atoms with Gasteiger partial charge in [0.05, 0.1) is 0 Å². The van der Waals surface area contributed by atoms with Crippen molar-refractivity contribution in [1.29, 1.82) is 0 Å². The van der Waals surface area contributed by atoms with Gasteiger partial charge in [-0.3, -0.25) is 9.59 Å². The van der Waals surface area contributed by atoms with Crippen LogP contribution < -0.4 is 5.56 Å². The number of carbonyl (C=O) groups excluding carboxylic acids is 1. The highest BCUT2D eigenvalue weighted by Crippen LogP contribution is 2.38. The zero-order valence-electron chi connectivity index (χ0n) is 17.1. The summed E-state index contributed by atoms with van der Waals surface area (Å²) in [6.07, 6.45) is 8.52. The molecule has 1 aromatic carbocycles. The van der Waals surface area contributed by atoms with Gasteiger partial charge >= 0.3 is 0 Å². The molecule has 2 heterocycles. The third kappa shape index (κ3) is 4.67. The second kappa shape index (κ2) is 8.62. The lowest BCUT2D eigenvalue weighted by atomic mass is 9.90. The molecule has 4 nitrogen and oxygen atoms in total. The number of carbonyl (C=O) groups is 1. The molecule has 0 unspecified atom stereocenters. The monoisotopic (exact) mass is 408 g/mol.